The number of nitrogens with zero attached hydrogens (tertiary/aromatic N) is 2. The lowest BCUT2D eigenvalue weighted by Gasteiger charge is -2.09. The summed E-state index contributed by atoms with van der Waals surface area (Å²) in [6.07, 6.45) is 0. The molecule has 2 unspecified atom stereocenters. The minimum absolute atomic E-state index is 0.0787. The van der Waals surface area contributed by atoms with Crippen molar-refractivity contribution in [2.75, 3.05) is 20.1 Å². The number of nitro groups is 1. The van der Waals surface area contributed by atoms with Gasteiger partial charge in [-0.3, -0.25) is 15.0 Å². The number of rotatable bonds is 2. The zero-order valence-corrected chi connectivity index (χ0v) is 8.74. The van der Waals surface area contributed by atoms with Crippen LogP contribution in [0.3, 0.4) is 0 Å². The van der Waals surface area contributed by atoms with Crippen LogP contribution >= 0.6 is 11.3 Å². The molecule has 0 saturated carbocycles. The van der Waals surface area contributed by atoms with Crippen LogP contribution < -0.4 is 0 Å². The lowest BCUT2D eigenvalue weighted by molar-refractivity contribution is -0.520. The standard InChI is InChI=1S/C9H12N2O2S/c1-10-5-7(8(6-10)11(12)13)9-3-2-4-14-9/h2-4,7-8H,5-6H2,1H3. The van der Waals surface area contributed by atoms with E-state index in [4.69, 9.17) is 0 Å². The van der Waals surface area contributed by atoms with Gasteiger partial charge in [0.05, 0.1) is 12.5 Å². The maximum Gasteiger partial charge on any atom is 0.234 e. The van der Waals surface area contributed by atoms with Gasteiger partial charge in [-0.25, -0.2) is 0 Å². The van der Waals surface area contributed by atoms with Crippen LogP contribution in [0.1, 0.15) is 10.8 Å². The Bertz CT molecular complexity index is 326. The number of likely N-dealkylation sites (N-methyl/N-ethyl adjacent to an activating group) is 1. The highest BCUT2D eigenvalue weighted by molar-refractivity contribution is 7.10. The fourth-order valence-electron chi connectivity index (χ4n) is 1.97. The SMILES string of the molecule is CN1CC(c2cccs2)C([N+](=O)[O-])C1. The Labute approximate surface area is 86.3 Å². The van der Waals surface area contributed by atoms with Crippen molar-refractivity contribution < 1.29 is 4.92 Å². The van der Waals surface area contributed by atoms with Crippen molar-refractivity contribution in [1.82, 2.24) is 4.90 Å². The maximum absolute atomic E-state index is 10.8. The fourth-order valence-corrected chi connectivity index (χ4v) is 2.85. The first-order valence-electron chi connectivity index (χ1n) is 4.54. The predicted octanol–water partition coefficient (Wildman–Crippen LogP) is 1.42. The van der Waals surface area contributed by atoms with Crippen molar-refractivity contribution in [3.8, 4) is 0 Å². The molecule has 4 nitrogen and oxygen atoms in total. The summed E-state index contributed by atoms with van der Waals surface area (Å²) in [5, 5.41) is 12.8. The van der Waals surface area contributed by atoms with Crippen LogP contribution in [-0.4, -0.2) is 36.0 Å². The van der Waals surface area contributed by atoms with E-state index in [9.17, 15) is 10.1 Å². The van der Waals surface area contributed by atoms with E-state index in [0.717, 1.165) is 11.4 Å². The lowest BCUT2D eigenvalue weighted by Crippen LogP contribution is -2.26. The summed E-state index contributed by atoms with van der Waals surface area (Å²) < 4.78 is 0. The van der Waals surface area contributed by atoms with Crippen LogP contribution in [0, 0.1) is 10.1 Å². The monoisotopic (exact) mass is 212 g/mol. The Kier molecular flexibility index (Phi) is 2.52. The first-order valence-corrected chi connectivity index (χ1v) is 5.42. The topological polar surface area (TPSA) is 46.4 Å². The highest BCUT2D eigenvalue weighted by Gasteiger charge is 2.40. The number of hydrogen-bond donors (Lipinski definition) is 0. The summed E-state index contributed by atoms with van der Waals surface area (Å²) in [5.41, 5.74) is 0. The summed E-state index contributed by atoms with van der Waals surface area (Å²) in [6.45, 7) is 1.36. The van der Waals surface area contributed by atoms with Gasteiger partial charge in [0.2, 0.25) is 6.04 Å². The Morgan fingerprint density at radius 3 is 3.00 bits per heavy atom. The maximum atomic E-state index is 10.8. The third-order valence-electron chi connectivity index (χ3n) is 2.65. The smallest absolute Gasteiger partial charge is 0.234 e. The van der Waals surface area contributed by atoms with Gasteiger partial charge in [-0.05, 0) is 18.5 Å². The molecule has 0 amide bonds. The van der Waals surface area contributed by atoms with Crippen LogP contribution in [0.25, 0.3) is 0 Å². The summed E-state index contributed by atoms with van der Waals surface area (Å²) in [6, 6.07) is 3.51. The van der Waals surface area contributed by atoms with Gasteiger partial charge in [0.15, 0.2) is 0 Å². The molecule has 1 aromatic rings. The van der Waals surface area contributed by atoms with E-state index in [2.05, 4.69) is 0 Å². The van der Waals surface area contributed by atoms with E-state index in [1.54, 1.807) is 11.3 Å². The Hall–Kier alpha value is -0.940. The van der Waals surface area contributed by atoms with Gasteiger partial charge in [0.1, 0.15) is 0 Å². The highest BCUT2D eigenvalue weighted by Crippen LogP contribution is 2.31. The van der Waals surface area contributed by atoms with Gasteiger partial charge in [0, 0.05) is 16.3 Å². The highest BCUT2D eigenvalue weighted by atomic mass is 32.1. The molecule has 0 radical (unpaired) electrons. The molecular formula is C9H12N2O2S. The van der Waals surface area contributed by atoms with Gasteiger partial charge < -0.3 is 0 Å². The zero-order chi connectivity index (χ0) is 10.1. The first-order chi connectivity index (χ1) is 6.68. The van der Waals surface area contributed by atoms with Crippen molar-refractivity contribution in [3.05, 3.63) is 32.5 Å². The molecule has 0 N–H and O–H groups in total. The number of likely N-dealkylation sites (tertiary alicyclic amines) is 1. The van der Waals surface area contributed by atoms with E-state index in [1.807, 2.05) is 29.5 Å². The minimum atomic E-state index is -0.432. The fraction of sp³-hybridized carbons (Fsp3) is 0.556. The molecule has 1 aromatic heterocycles. The number of thiophene rings is 1. The molecule has 0 aromatic carbocycles. The average Bonchev–Trinajstić information content (AvgIpc) is 2.70. The second-order valence-electron chi connectivity index (χ2n) is 3.70. The number of hydrogen-bond acceptors (Lipinski definition) is 4. The summed E-state index contributed by atoms with van der Waals surface area (Å²) in [5.74, 6) is 0.0787. The third kappa shape index (κ3) is 1.65. The van der Waals surface area contributed by atoms with Crippen molar-refractivity contribution in [1.29, 1.82) is 0 Å². The van der Waals surface area contributed by atoms with E-state index in [1.165, 1.54) is 0 Å². The molecule has 2 atom stereocenters. The lowest BCUT2D eigenvalue weighted by atomic mass is 10.0. The molecule has 0 aliphatic carbocycles. The summed E-state index contributed by atoms with van der Waals surface area (Å²) in [7, 11) is 1.93. The molecule has 76 valence electrons. The quantitative estimate of drug-likeness (QED) is 0.550. The van der Waals surface area contributed by atoms with Crippen LogP contribution in [0.5, 0.6) is 0 Å². The van der Waals surface area contributed by atoms with E-state index in [-0.39, 0.29) is 10.8 Å². The Morgan fingerprint density at radius 1 is 1.64 bits per heavy atom. The molecule has 1 aliphatic rings. The normalized spacial score (nSPS) is 28.1. The molecular weight excluding hydrogens is 200 g/mol. The van der Waals surface area contributed by atoms with Crippen molar-refractivity contribution in [2.24, 2.45) is 0 Å². The van der Waals surface area contributed by atoms with E-state index < -0.39 is 6.04 Å². The average molecular weight is 212 g/mol. The van der Waals surface area contributed by atoms with E-state index in [0.29, 0.717) is 6.54 Å². The molecule has 0 spiro atoms. The third-order valence-corrected chi connectivity index (χ3v) is 3.66. The summed E-state index contributed by atoms with van der Waals surface area (Å²) >= 11 is 1.61. The molecule has 0 bridgehead atoms. The van der Waals surface area contributed by atoms with Crippen molar-refractivity contribution >= 4 is 11.3 Å². The molecule has 1 aliphatic heterocycles. The molecule has 1 fully saturated rings. The van der Waals surface area contributed by atoms with Gasteiger partial charge in [-0.2, -0.15) is 0 Å². The molecule has 5 heteroatoms. The largest absolute Gasteiger partial charge is 0.299 e. The molecule has 2 heterocycles. The predicted molar refractivity (Wildman–Crippen MR) is 55.3 cm³/mol. The van der Waals surface area contributed by atoms with Gasteiger partial charge in [0.25, 0.3) is 0 Å². The second kappa shape index (κ2) is 3.67. The van der Waals surface area contributed by atoms with Crippen LogP contribution in [0.2, 0.25) is 0 Å². The van der Waals surface area contributed by atoms with Gasteiger partial charge in [-0.15, -0.1) is 11.3 Å². The Morgan fingerprint density at radius 2 is 2.43 bits per heavy atom. The van der Waals surface area contributed by atoms with Crippen LogP contribution in [-0.2, 0) is 0 Å². The first kappa shape index (κ1) is 9.61. The van der Waals surface area contributed by atoms with Gasteiger partial charge in [-0.1, -0.05) is 6.07 Å². The van der Waals surface area contributed by atoms with Crippen LogP contribution in [0.15, 0.2) is 17.5 Å². The van der Waals surface area contributed by atoms with Crippen LogP contribution in [0.4, 0.5) is 0 Å². The molecule has 2 rings (SSSR count). The van der Waals surface area contributed by atoms with E-state index >= 15 is 0 Å². The zero-order valence-electron chi connectivity index (χ0n) is 7.92. The summed E-state index contributed by atoms with van der Waals surface area (Å²) in [4.78, 5) is 13.9. The van der Waals surface area contributed by atoms with Crippen molar-refractivity contribution in [2.45, 2.75) is 12.0 Å². The van der Waals surface area contributed by atoms with Crippen molar-refractivity contribution in [3.63, 3.8) is 0 Å². The second-order valence-corrected chi connectivity index (χ2v) is 4.68. The Balaban J connectivity index is 2.21. The molecule has 1 saturated heterocycles. The van der Waals surface area contributed by atoms with Gasteiger partial charge >= 0.3 is 0 Å². The molecule has 14 heavy (non-hydrogen) atoms. The minimum Gasteiger partial charge on any atom is -0.299 e.